The lowest BCUT2D eigenvalue weighted by Crippen LogP contribution is -2.45. The summed E-state index contributed by atoms with van der Waals surface area (Å²) in [4.78, 5) is 29.4. The van der Waals surface area contributed by atoms with Crippen LogP contribution < -0.4 is 15.1 Å². The first-order valence-electron chi connectivity index (χ1n) is 12.5. The van der Waals surface area contributed by atoms with E-state index in [0.29, 0.717) is 18.5 Å². The van der Waals surface area contributed by atoms with Crippen LogP contribution in [0.1, 0.15) is 45.1 Å². The van der Waals surface area contributed by atoms with Gasteiger partial charge in [-0.15, -0.1) is 0 Å². The Morgan fingerprint density at radius 3 is 2.65 bits per heavy atom. The van der Waals surface area contributed by atoms with E-state index in [4.69, 9.17) is 9.72 Å². The number of anilines is 4. The van der Waals surface area contributed by atoms with Crippen molar-refractivity contribution in [2.45, 2.75) is 52.1 Å². The van der Waals surface area contributed by atoms with Crippen LogP contribution in [0.25, 0.3) is 0 Å². The molecule has 2 fully saturated rings. The summed E-state index contributed by atoms with van der Waals surface area (Å²) >= 11 is 0. The Kier molecular flexibility index (Phi) is 6.44. The number of benzene rings is 1. The number of hydrogen-bond donors (Lipinski definition) is 1. The lowest BCUT2D eigenvalue weighted by atomic mass is 9.91. The smallest absolute Gasteiger partial charge is 0.234 e. The molecule has 2 aliphatic heterocycles. The second-order valence-electron chi connectivity index (χ2n) is 10.4. The second kappa shape index (κ2) is 9.50. The molecule has 1 aliphatic carbocycles. The predicted molar refractivity (Wildman–Crippen MR) is 135 cm³/mol. The standard InChI is InChI=1S/C26H36N6O2/c1-26(2)18-32(20-9-5-6-10-20)23-22(30(3)24(26)33)16-27-25(29-23)28-21-11-7-4-8-19(21)17-31-12-14-34-15-13-31/h4,7-8,11,16,20H,5-6,9-10,12-15,17-18H2,1-3H3,(H,27,28,29). The third-order valence-electron chi connectivity index (χ3n) is 7.36. The van der Waals surface area contributed by atoms with Gasteiger partial charge in [-0.25, -0.2) is 4.98 Å². The molecule has 1 N–H and O–H groups in total. The fraction of sp³-hybridized carbons (Fsp3) is 0.577. The third-order valence-corrected chi connectivity index (χ3v) is 7.36. The number of ether oxygens (including phenoxy) is 1. The van der Waals surface area contributed by atoms with Gasteiger partial charge >= 0.3 is 0 Å². The van der Waals surface area contributed by atoms with Crippen LogP contribution in [-0.2, 0) is 16.1 Å². The highest BCUT2D eigenvalue weighted by atomic mass is 16.5. The van der Waals surface area contributed by atoms with Gasteiger partial charge in [-0.2, -0.15) is 4.98 Å². The molecule has 34 heavy (non-hydrogen) atoms. The van der Waals surface area contributed by atoms with E-state index < -0.39 is 5.41 Å². The van der Waals surface area contributed by atoms with E-state index in [1.807, 2.05) is 27.0 Å². The average Bonchev–Trinajstić information content (AvgIpc) is 3.36. The molecule has 0 atom stereocenters. The summed E-state index contributed by atoms with van der Waals surface area (Å²) in [5.74, 6) is 1.53. The molecule has 3 aliphatic rings. The average molecular weight is 465 g/mol. The van der Waals surface area contributed by atoms with Crippen LogP contribution in [0, 0.1) is 5.41 Å². The molecule has 5 rings (SSSR count). The third kappa shape index (κ3) is 4.61. The SMILES string of the molecule is CN1C(=O)C(C)(C)CN(C2CCCC2)c2nc(Nc3ccccc3CN3CCOCC3)ncc21. The van der Waals surface area contributed by atoms with Gasteiger partial charge in [0, 0.05) is 45.0 Å². The molecule has 0 unspecified atom stereocenters. The van der Waals surface area contributed by atoms with Crippen LogP contribution >= 0.6 is 0 Å². The second-order valence-corrected chi connectivity index (χ2v) is 10.4. The van der Waals surface area contributed by atoms with E-state index in [1.165, 1.54) is 18.4 Å². The molecule has 1 saturated carbocycles. The molecule has 1 saturated heterocycles. The zero-order chi connectivity index (χ0) is 23.7. The molecule has 0 bridgehead atoms. The Morgan fingerprint density at radius 1 is 1.15 bits per heavy atom. The maximum atomic E-state index is 13.2. The highest BCUT2D eigenvalue weighted by molar-refractivity contribution is 6.00. The fourth-order valence-electron chi connectivity index (χ4n) is 5.43. The lowest BCUT2D eigenvalue weighted by molar-refractivity contribution is -0.125. The van der Waals surface area contributed by atoms with Gasteiger partial charge in [0.1, 0.15) is 5.69 Å². The molecule has 0 spiro atoms. The largest absolute Gasteiger partial charge is 0.379 e. The van der Waals surface area contributed by atoms with Crippen LogP contribution in [-0.4, -0.2) is 66.7 Å². The Labute approximate surface area is 202 Å². The van der Waals surface area contributed by atoms with Crippen LogP contribution in [0.2, 0.25) is 0 Å². The van der Waals surface area contributed by atoms with E-state index >= 15 is 0 Å². The van der Waals surface area contributed by atoms with Crippen molar-refractivity contribution in [3.63, 3.8) is 0 Å². The van der Waals surface area contributed by atoms with Gasteiger partial charge in [-0.05, 0) is 38.3 Å². The fourth-order valence-corrected chi connectivity index (χ4v) is 5.43. The maximum Gasteiger partial charge on any atom is 0.234 e. The minimum atomic E-state index is -0.490. The predicted octanol–water partition coefficient (Wildman–Crippen LogP) is 3.80. The first kappa shape index (κ1) is 23.1. The number of fused-ring (bicyclic) bond motifs is 1. The van der Waals surface area contributed by atoms with Crippen molar-refractivity contribution in [3.05, 3.63) is 36.0 Å². The van der Waals surface area contributed by atoms with E-state index in [2.05, 4.69) is 38.3 Å². The van der Waals surface area contributed by atoms with Crippen LogP contribution in [0.5, 0.6) is 0 Å². The minimum Gasteiger partial charge on any atom is -0.379 e. The molecule has 8 nitrogen and oxygen atoms in total. The van der Waals surface area contributed by atoms with Crippen molar-refractivity contribution in [2.24, 2.45) is 5.41 Å². The molecule has 2 aromatic rings. The van der Waals surface area contributed by atoms with Crippen molar-refractivity contribution in [3.8, 4) is 0 Å². The van der Waals surface area contributed by atoms with E-state index in [9.17, 15) is 4.79 Å². The minimum absolute atomic E-state index is 0.106. The van der Waals surface area contributed by atoms with E-state index in [0.717, 1.165) is 62.9 Å². The number of para-hydroxylation sites is 1. The van der Waals surface area contributed by atoms with Gasteiger partial charge in [-0.3, -0.25) is 9.69 Å². The van der Waals surface area contributed by atoms with Gasteiger partial charge in [-0.1, -0.05) is 31.0 Å². The van der Waals surface area contributed by atoms with Crippen LogP contribution in [0.15, 0.2) is 30.5 Å². The first-order valence-corrected chi connectivity index (χ1v) is 12.5. The molecule has 3 heterocycles. The number of carbonyl (C=O) groups excluding carboxylic acids is 1. The van der Waals surface area contributed by atoms with Gasteiger partial charge in [0.15, 0.2) is 5.82 Å². The number of nitrogens with one attached hydrogen (secondary N) is 1. The summed E-state index contributed by atoms with van der Waals surface area (Å²) in [6.07, 6.45) is 6.54. The van der Waals surface area contributed by atoms with Gasteiger partial charge in [0.05, 0.1) is 24.8 Å². The molecule has 1 amide bonds. The van der Waals surface area contributed by atoms with Gasteiger partial charge in [0.25, 0.3) is 0 Å². The normalized spacial score (nSPS) is 21.4. The monoisotopic (exact) mass is 464 g/mol. The Balaban J connectivity index is 1.46. The van der Waals surface area contributed by atoms with Crippen molar-refractivity contribution in [1.29, 1.82) is 0 Å². The van der Waals surface area contributed by atoms with Crippen molar-refractivity contribution < 1.29 is 9.53 Å². The summed E-state index contributed by atoms with van der Waals surface area (Å²) in [5, 5.41) is 3.48. The number of rotatable bonds is 5. The molecule has 0 radical (unpaired) electrons. The zero-order valence-electron chi connectivity index (χ0n) is 20.6. The van der Waals surface area contributed by atoms with Crippen LogP contribution in [0.3, 0.4) is 0 Å². The van der Waals surface area contributed by atoms with Gasteiger partial charge < -0.3 is 19.9 Å². The number of carbonyl (C=O) groups is 1. The Bertz CT molecular complexity index is 1030. The number of hydrogen-bond acceptors (Lipinski definition) is 7. The number of morpholine rings is 1. The Hall–Kier alpha value is -2.71. The van der Waals surface area contributed by atoms with E-state index in [1.54, 1.807) is 11.1 Å². The van der Waals surface area contributed by atoms with Crippen molar-refractivity contribution in [2.75, 3.05) is 55.0 Å². The van der Waals surface area contributed by atoms with Gasteiger partial charge in [0.2, 0.25) is 11.9 Å². The van der Waals surface area contributed by atoms with E-state index in [-0.39, 0.29) is 5.91 Å². The summed E-state index contributed by atoms with van der Waals surface area (Å²) in [6, 6.07) is 8.76. The number of amides is 1. The van der Waals surface area contributed by atoms with Crippen molar-refractivity contribution in [1.82, 2.24) is 14.9 Å². The number of nitrogens with zero attached hydrogens (tertiary/aromatic N) is 5. The molecule has 1 aromatic carbocycles. The molecular formula is C26H36N6O2. The van der Waals surface area contributed by atoms with Crippen molar-refractivity contribution >= 4 is 29.0 Å². The highest BCUT2D eigenvalue weighted by Gasteiger charge is 2.41. The quantitative estimate of drug-likeness (QED) is 0.721. The first-order chi connectivity index (χ1) is 16.4. The summed E-state index contributed by atoms with van der Waals surface area (Å²) in [5.41, 5.74) is 2.52. The maximum absolute atomic E-state index is 13.2. The molecule has 182 valence electrons. The number of aromatic nitrogens is 2. The zero-order valence-corrected chi connectivity index (χ0v) is 20.6. The summed E-state index contributed by atoms with van der Waals surface area (Å²) < 4.78 is 5.50. The summed E-state index contributed by atoms with van der Waals surface area (Å²) in [6.45, 7) is 9.04. The topological polar surface area (TPSA) is 73.8 Å². The molecular weight excluding hydrogens is 428 g/mol. The molecule has 8 heteroatoms. The van der Waals surface area contributed by atoms with Crippen LogP contribution in [0.4, 0.5) is 23.1 Å². The highest BCUT2D eigenvalue weighted by Crippen LogP contribution is 2.40. The lowest BCUT2D eigenvalue weighted by Gasteiger charge is -2.34. The Morgan fingerprint density at radius 2 is 1.88 bits per heavy atom. The summed E-state index contributed by atoms with van der Waals surface area (Å²) in [7, 11) is 1.84. The molecule has 1 aromatic heterocycles.